The van der Waals surface area contributed by atoms with Crippen LogP contribution in [0.5, 0.6) is 0 Å². The topological polar surface area (TPSA) is 56.7 Å². The van der Waals surface area contributed by atoms with E-state index in [0.29, 0.717) is 17.5 Å². The maximum Gasteiger partial charge on any atom is 0.164 e. The molecule has 12 rings (SSSR count). The lowest BCUT2D eigenvalue weighted by atomic mass is 9.97. The summed E-state index contributed by atoms with van der Waals surface area (Å²) >= 11 is 1.80. The lowest BCUT2D eigenvalue weighted by Crippen LogP contribution is -2.00. The maximum absolute atomic E-state index is 6.55. The lowest BCUT2D eigenvalue weighted by Gasteiger charge is -2.12. The molecule has 5 nitrogen and oxygen atoms in total. The van der Waals surface area contributed by atoms with Crippen LogP contribution in [0.2, 0.25) is 0 Å². The Balaban J connectivity index is 1.11. The Hall–Kier alpha value is -7.41. The highest BCUT2D eigenvalue weighted by molar-refractivity contribution is 7.26. The molecule has 0 radical (unpaired) electrons. The molecule has 0 aliphatic carbocycles. The smallest absolute Gasteiger partial charge is 0.164 e. The molecule has 0 saturated heterocycles. The van der Waals surface area contributed by atoms with Crippen molar-refractivity contribution >= 4 is 75.3 Å². The summed E-state index contributed by atoms with van der Waals surface area (Å²) < 4.78 is 11.3. The van der Waals surface area contributed by atoms with E-state index in [9.17, 15) is 0 Å². The molecule has 266 valence electrons. The Kier molecular flexibility index (Phi) is 7.03. The van der Waals surface area contributed by atoms with Crippen molar-refractivity contribution < 1.29 is 4.42 Å². The predicted molar refractivity (Wildman–Crippen MR) is 236 cm³/mol. The molecule has 12 aromatic rings. The first-order valence-corrected chi connectivity index (χ1v) is 19.8. The van der Waals surface area contributed by atoms with Crippen LogP contribution in [0.1, 0.15) is 0 Å². The Morgan fingerprint density at radius 2 is 1.02 bits per heavy atom. The van der Waals surface area contributed by atoms with Gasteiger partial charge in [-0.1, -0.05) is 127 Å². The van der Waals surface area contributed by atoms with Crippen molar-refractivity contribution in [2.75, 3.05) is 0 Å². The second-order valence-electron chi connectivity index (χ2n) is 14.4. The zero-order chi connectivity index (χ0) is 37.5. The van der Waals surface area contributed by atoms with Crippen LogP contribution >= 0.6 is 11.3 Å². The molecule has 4 heterocycles. The minimum absolute atomic E-state index is 0.590. The third kappa shape index (κ3) is 5.04. The van der Waals surface area contributed by atoms with E-state index in [2.05, 4.69) is 156 Å². The molecular weight excluding hydrogens is 717 g/mol. The first-order chi connectivity index (χ1) is 28.2. The highest BCUT2D eigenvalue weighted by atomic mass is 32.1. The third-order valence-electron chi connectivity index (χ3n) is 11.0. The van der Waals surface area contributed by atoms with Crippen molar-refractivity contribution in [1.29, 1.82) is 0 Å². The summed E-state index contributed by atoms with van der Waals surface area (Å²) in [6.45, 7) is 0. The maximum atomic E-state index is 6.55. The minimum atomic E-state index is 0.590. The van der Waals surface area contributed by atoms with Gasteiger partial charge in [0.25, 0.3) is 0 Å². The van der Waals surface area contributed by atoms with Gasteiger partial charge in [-0.3, -0.25) is 0 Å². The van der Waals surface area contributed by atoms with E-state index >= 15 is 0 Å². The van der Waals surface area contributed by atoms with Gasteiger partial charge in [0.1, 0.15) is 11.2 Å². The number of nitrogens with zero attached hydrogens (tertiary/aromatic N) is 4. The fraction of sp³-hybridized carbons (Fsp3) is 0. The fourth-order valence-electron chi connectivity index (χ4n) is 8.51. The highest BCUT2D eigenvalue weighted by Gasteiger charge is 2.21. The number of para-hydroxylation sites is 2. The SMILES string of the molecule is c1ccc(-c2nc(-c3cc(-c4ccccc4)c4c(c3)sc3ccccc34)nc(-c3cccc4oc5ccc(-n6c7ccccc7c7ccccc76)cc5c34)n2)cc1. The molecule has 0 saturated carbocycles. The molecule has 6 heteroatoms. The molecule has 8 aromatic carbocycles. The van der Waals surface area contributed by atoms with Crippen LogP contribution in [0.25, 0.3) is 115 Å². The van der Waals surface area contributed by atoms with Crippen LogP contribution in [-0.2, 0) is 0 Å². The highest BCUT2D eigenvalue weighted by Crippen LogP contribution is 2.44. The summed E-state index contributed by atoms with van der Waals surface area (Å²) in [4.78, 5) is 15.7. The van der Waals surface area contributed by atoms with Crippen molar-refractivity contribution in [1.82, 2.24) is 19.5 Å². The van der Waals surface area contributed by atoms with Gasteiger partial charge in [-0.15, -0.1) is 11.3 Å². The molecule has 0 unspecified atom stereocenters. The van der Waals surface area contributed by atoms with Gasteiger partial charge in [0.05, 0.1) is 11.0 Å². The molecule has 57 heavy (non-hydrogen) atoms. The molecule has 0 bridgehead atoms. The number of thiophene rings is 1. The Labute approximate surface area is 330 Å². The van der Waals surface area contributed by atoms with Crippen LogP contribution in [-0.4, -0.2) is 19.5 Å². The number of benzene rings is 8. The zero-order valence-electron chi connectivity index (χ0n) is 30.4. The van der Waals surface area contributed by atoms with E-state index in [1.807, 2.05) is 30.3 Å². The van der Waals surface area contributed by atoms with Crippen molar-refractivity contribution in [3.8, 4) is 51.0 Å². The number of furan rings is 1. The van der Waals surface area contributed by atoms with Crippen LogP contribution in [0.15, 0.2) is 186 Å². The van der Waals surface area contributed by atoms with Crippen molar-refractivity contribution in [3.05, 3.63) is 182 Å². The van der Waals surface area contributed by atoms with Gasteiger partial charge in [-0.2, -0.15) is 0 Å². The van der Waals surface area contributed by atoms with E-state index in [1.165, 1.54) is 30.9 Å². The second-order valence-corrected chi connectivity index (χ2v) is 15.4. The number of hydrogen-bond donors (Lipinski definition) is 0. The Morgan fingerprint density at radius 3 is 1.77 bits per heavy atom. The number of aromatic nitrogens is 4. The van der Waals surface area contributed by atoms with Gasteiger partial charge >= 0.3 is 0 Å². The Bertz CT molecular complexity index is 3470. The zero-order valence-corrected chi connectivity index (χ0v) is 31.2. The van der Waals surface area contributed by atoms with Crippen molar-refractivity contribution in [2.45, 2.75) is 0 Å². The van der Waals surface area contributed by atoms with Crippen LogP contribution in [0.4, 0.5) is 0 Å². The summed E-state index contributed by atoms with van der Waals surface area (Å²) in [5, 5.41) is 6.92. The monoisotopic (exact) mass is 746 g/mol. The van der Waals surface area contributed by atoms with E-state index in [0.717, 1.165) is 66.5 Å². The van der Waals surface area contributed by atoms with E-state index in [1.54, 1.807) is 11.3 Å². The summed E-state index contributed by atoms with van der Waals surface area (Å²) in [5.41, 5.74) is 10.0. The van der Waals surface area contributed by atoms with E-state index in [-0.39, 0.29) is 0 Å². The normalized spacial score (nSPS) is 11.9. The summed E-state index contributed by atoms with van der Waals surface area (Å²) in [6.07, 6.45) is 0. The van der Waals surface area contributed by atoms with Crippen LogP contribution in [0.3, 0.4) is 0 Å². The van der Waals surface area contributed by atoms with Crippen molar-refractivity contribution in [3.63, 3.8) is 0 Å². The quantitative estimate of drug-likeness (QED) is 0.176. The largest absolute Gasteiger partial charge is 0.456 e. The molecule has 0 atom stereocenters. The number of rotatable bonds is 5. The standard InChI is InChI=1S/C51H30N4OS/c1-3-14-31(15-4-1)39-28-33(29-46-48(39)37-20-9-12-25-45(37)57-46)50-52-49(32-16-5-2-6-17-32)53-51(54-50)38-21-13-24-44-47(38)40-30-34(26-27-43(40)56-44)55-41-22-10-7-18-35(41)36-19-8-11-23-42(36)55/h1-30H. The van der Waals surface area contributed by atoms with Crippen LogP contribution in [0, 0.1) is 0 Å². The molecule has 0 spiro atoms. The molecule has 0 N–H and O–H groups in total. The van der Waals surface area contributed by atoms with Gasteiger partial charge in [-0.05, 0) is 65.7 Å². The minimum Gasteiger partial charge on any atom is -0.456 e. The first-order valence-electron chi connectivity index (χ1n) is 19.0. The van der Waals surface area contributed by atoms with E-state index in [4.69, 9.17) is 19.4 Å². The molecule has 4 aromatic heterocycles. The fourth-order valence-corrected chi connectivity index (χ4v) is 9.68. The van der Waals surface area contributed by atoms with Gasteiger partial charge in [0.15, 0.2) is 17.5 Å². The van der Waals surface area contributed by atoms with Gasteiger partial charge in [-0.25, -0.2) is 15.0 Å². The lowest BCUT2D eigenvalue weighted by molar-refractivity contribution is 0.669. The van der Waals surface area contributed by atoms with Gasteiger partial charge in [0, 0.05) is 64.1 Å². The predicted octanol–water partition coefficient (Wildman–Crippen LogP) is 13.9. The summed E-state index contributed by atoms with van der Waals surface area (Å²) in [7, 11) is 0. The molecule has 0 fully saturated rings. The van der Waals surface area contributed by atoms with Crippen molar-refractivity contribution in [2.24, 2.45) is 0 Å². The van der Waals surface area contributed by atoms with Gasteiger partial charge < -0.3 is 8.98 Å². The average Bonchev–Trinajstić information content (AvgIpc) is 3.96. The average molecular weight is 747 g/mol. The second kappa shape index (κ2) is 12.6. The number of fused-ring (bicyclic) bond motifs is 9. The molecule has 0 amide bonds. The third-order valence-corrected chi connectivity index (χ3v) is 12.2. The summed E-state index contributed by atoms with van der Waals surface area (Å²) in [5.74, 6) is 1.82. The van der Waals surface area contributed by atoms with Gasteiger partial charge in [0.2, 0.25) is 0 Å². The molecule has 0 aliphatic rings. The summed E-state index contributed by atoms with van der Waals surface area (Å²) in [6, 6.07) is 63.7. The Morgan fingerprint density at radius 1 is 0.386 bits per heavy atom. The molecular formula is C51H30N4OS. The first kappa shape index (κ1) is 31.9. The number of hydrogen-bond acceptors (Lipinski definition) is 5. The molecule has 0 aliphatic heterocycles. The van der Waals surface area contributed by atoms with Crippen LogP contribution < -0.4 is 0 Å². The van der Waals surface area contributed by atoms with E-state index < -0.39 is 0 Å².